The summed E-state index contributed by atoms with van der Waals surface area (Å²) < 4.78 is 11.0. The molecular weight excluding hydrogens is 270 g/mol. The predicted octanol–water partition coefficient (Wildman–Crippen LogP) is 1.17. The van der Waals surface area contributed by atoms with Gasteiger partial charge in [0.2, 0.25) is 0 Å². The number of carbonyl (C=O) groups is 1. The molecule has 1 amide bonds. The highest BCUT2D eigenvalue weighted by Crippen LogP contribution is 2.30. The van der Waals surface area contributed by atoms with Crippen LogP contribution in [0.4, 0.5) is 0 Å². The molecule has 0 radical (unpaired) electrons. The smallest absolute Gasteiger partial charge is 0.276 e. The molecule has 1 aromatic heterocycles. The second-order valence-corrected chi connectivity index (χ2v) is 6.17. The Morgan fingerprint density at radius 3 is 2.90 bits per heavy atom. The van der Waals surface area contributed by atoms with E-state index >= 15 is 0 Å². The van der Waals surface area contributed by atoms with Gasteiger partial charge in [-0.25, -0.2) is 4.98 Å². The molecule has 3 rings (SSSR count). The minimum atomic E-state index is -0.0371. The summed E-state index contributed by atoms with van der Waals surface area (Å²) >= 11 is 0. The lowest BCUT2D eigenvalue weighted by molar-refractivity contribution is -0.0332. The molecule has 6 nitrogen and oxygen atoms in total. The van der Waals surface area contributed by atoms with E-state index in [4.69, 9.17) is 9.15 Å². The van der Waals surface area contributed by atoms with Crippen molar-refractivity contribution in [3.63, 3.8) is 0 Å². The lowest BCUT2D eigenvalue weighted by atomic mass is 10.2. The fourth-order valence-electron chi connectivity index (χ4n) is 2.74. The van der Waals surface area contributed by atoms with Gasteiger partial charge in [0, 0.05) is 26.2 Å². The first kappa shape index (κ1) is 14.5. The van der Waals surface area contributed by atoms with Crippen LogP contribution >= 0.6 is 0 Å². The standard InChI is InChI=1S/C15H23N3O3/c1-11-14(16-10-21-11)15(19)18(7-12-3-4-12)9-13-8-17(2)5-6-20-13/h10,12-13H,3-9H2,1-2H3/t13-/m0/s1. The van der Waals surface area contributed by atoms with E-state index in [-0.39, 0.29) is 12.0 Å². The first-order valence-corrected chi connectivity index (χ1v) is 7.63. The van der Waals surface area contributed by atoms with E-state index in [0.717, 1.165) is 26.2 Å². The Morgan fingerprint density at radius 1 is 1.48 bits per heavy atom. The van der Waals surface area contributed by atoms with Gasteiger partial charge < -0.3 is 19.0 Å². The molecule has 0 bridgehead atoms. The average Bonchev–Trinajstić information content (AvgIpc) is 3.17. The number of carbonyl (C=O) groups excluding carboxylic acids is 1. The molecule has 2 aliphatic rings. The van der Waals surface area contributed by atoms with Gasteiger partial charge in [-0.1, -0.05) is 0 Å². The molecule has 1 atom stereocenters. The van der Waals surface area contributed by atoms with Crippen LogP contribution in [0.1, 0.15) is 29.1 Å². The van der Waals surface area contributed by atoms with Gasteiger partial charge in [-0.3, -0.25) is 4.79 Å². The van der Waals surface area contributed by atoms with Crippen LogP contribution < -0.4 is 0 Å². The van der Waals surface area contributed by atoms with E-state index in [9.17, 15) is 4.79 Å². The zero-order valence-electron chi connectivity index (χ0n) is 12.7. The SMILES string of the molecule is Cc1ocnc1C(=O)N(CC1CC1)C[C@@H]1CN(C)CCO1. The van der Waals surface area contributed by atoms with Crippen LogP contribution in [-0.4, -0.2) is 66.6 Å². The average molecular weight is 293 g/mol. The summed E-state index contributed by atoms with van der Waals surface area (Å²) in [6, 6.07) is 0. The van der Waals surface area contributed by atoms with E-state index in [2.05, 4.69) is 16.9 Å². The lowest BCUT2D eigenvalue weighted by Crippen LogP contribution is -2.48. The molecule has 116 valence electrons. The second kappa shape index (κ2) is 6.15. The molecule has 0 N–H and O–H groups in total. The molecule has 0 spiro atoms. The number of rotatable bonds is 5. The number of aryl methyl sites for hydroxylation is 1. The van der Waals surface area contributed by atoms with Crippen molar-refractivity contribution in [2.75, 3.05) is 39.8 Å². The van der Waals surface area contributed by atoms with Crippen LogP contribution in [0.5, 0.6) is 0 Å². The van der Waals surface area contributed by atoms with E-state index in [0.29, 0.717) is 23.9 Å². The maximum Gasteiger partial charge on any atom is 0.276 e. The summed E-state index contributed by atoms with van der Waals surface area (Å²) in [6.07, 6.45) is 3.85. The number of oxazole rings is 1. The van der Waals surface area contributed by atoms with Gasteiger partial charge in [0.1, 0.15) is 5.76 Å². The zero-order chi connectivity index (χ0) is 14.8. The predicted molar refractivity (Wildman–Crippen MR) is 77.1 cm³/mol. The van der Waals surface area contributed by atoms with Gasteiger partial charge in [-0.2, -0.15) is 0 Å². The third-order valence-corrected chi connectivity index (χ3v) is 4.18. The molecule has 1 aliphatic heterocycles. The summed E-state index contributed by atoms with van der Waals surface area (Å²) in [5.41, 5.74) is 0.430. The molecule has 2 fully saturated rings. The molecule has 1 aliphatic carbocycles. The van der Waals surface area contributed by atoms with Crippen LogP contribution in [0, 0.1) is 12.8 Å². The minimum Gasteiger partial charge on any atom is -0.448 e. The molecular formula is C15H23N3O3. The van der Waals surface area contributed by atoms with Gasteiger partial charge in [0.05, 0.1) is 12.7 Å². The largest absolute Gasteiger partial charge is 0.448 e. The Labute approximate surface area is 125 Å². The topological polar surface area (TPSA) is 58.8 Å². The Morgan fingerprint density at radius 2 is 2.29 bits per heavy atom. The van der Waals surface area contributed by atoms with Gasteiger partial charge in [-0.05, 0) is 32.7 Å². The number of hydrogen-bond acceptors (Lipinski definition) is 5. The Hall–Kier alpha value is -1.40. The lowest BCUT2D eigenvalue weighted by Gasteiger charge is -2.33. The van der Waals surface area contributed by atoms with E-state index < -0.39 is 0 Å². The van der Waals surface area contributed by atoms with Crippen molar-refractivity contribution in [3.8, 4) is 0 Å². The molecule has 0 unspecified atom stereocenters. The first-order chi connectivity index (χ1) is 10.1. The molecule has 1 saturated heterocycles. The van der Waals surface area contributed by atoms with Crippen LogP contribution in [0.3, 0.4) is 0 Å². The van der Waals surface area contributed by atoms with Crippen LogP contribution in [0.2, 0.25) is 0 Å². The molecule has 2 heterocycles. The summed E-state index contributed by atoms with van der Waals surface area (Å²) in [5, 5.41) is 0. The number of ether oxygens (including phenoxy) is 1. The van der Waals surface area contributed by atoms with Crippen molar-refractivity contribution in [2.24, 2.45) is 5.92 Å². The molecule has 0 aromatic carbocycles. The van der Waals surface area contributed by atoms with Crippen molar-refractivity contribution in [1.82, 2.24) is 14.8 Å². The number of hydrogen-bond donors (Lipinski definition) is 0. The molecule has 21 heavy (non-hydrogen) atoms. The molecule has 6 heteroatoms. The van der Waals surface area contributed by atoms with Gasteiger partial charge in [0.15, 0.2) is 12.1 Å². The van der Waals surface area contributed by atoms with Crippen molar-refractivity contribution in [3.05, 3.63) is 17.8 Å². The number of nitrogens with zero attached hydrogens (tertiary/aromatic N) is 3. The van der Waals surface area contributed by atoms with Crippen LogP contribution in [0.25, 0.3) is 0 Å². The number of amides is 1. The third-order valence-electron chi connectivity index (χ3n) is 4.18. The van der Waals surface area contributed by atoms with Gasteiger partial charge >= 0.3 is 0 Å². The number of likely N-dealkylation sites (N-methyl/N-ethyl adjacent to an activating group) is 1. The van der Waals surface area contributed by atoms with Gasteiger partial charge in [-0.15, -0.1) is 0 Å². The number of aromatic nitrogens is 1. The quantitative estimate of drug-likeness (QED) is 0.815. The summed E-state index contributed by atoms with van der Waals surface area (Å²) in [5.74, 6) is 1.19. The second-order valence-electron chi connectivity index (χ2n) is 6.17. The molecule has 1 saturated carbocycles. The summed E-state index contributed by atoms with van der Waals surface area (Å²) in [4.78, 5) is 20.9. The Bertz CT molecular complexity index is 498. The highest BCUT2D eigenvalue weighted by atomic mass is 16.5. The van der Waals surface area contributed by atoms with Crippen molar-refractivity contribution >= 4 is 5.91 Å². The number of morpholine rings is 1. The van der Waals surface area contributed by atoms with E-state index in [1.54, 1.807) is 6.92 Å². The van der Waals surface area contributed by atoms with Gasteiger partial charge in [0.25, 0.3) is 5.91 Å². The normalized spacial score (nSPS) is 23.2. The van der Waals surface area contributed by atoms with Crippen LogP contribution in [-0.2, 0) is 4.74 Å². The Balaban J connectivity index is 1.68. The Kier molecular flexibility index (Phi) is 4.26. The van der Waals surface area contributed by atoms with Crippen molar-refractivity contribution < 1.29 is 13.9 Å². The van der Waals surface area contributed by atoms with Crippen LogP contribution in [0.15, 0.2) is 10.8 Å². The summed E-state index contributed by atoms with van der Waals surface area (Å²) in [7, 11) is 2.09. The van der Waals surface area contributed by atoms with E-state index in [1.165, 1.54) is 19.2 Å². The van der Waals surface area contributed by atoms with Crippen molar-refractivity contribution in [1.29, 1.82) is 0 Å². The van der Waals surface area contributed by atoms with E-state index in [1.807, 2.05) is 4.90 Å². The fourth-order valence-corrected chi connectivity index (χ4v) is 2.74. The third kappa shape index (κ3) is 3.63. The summed E-state index contributed by atoms with van der Waals surface area (Å²) in [6.45, 7) is 5.76. The fraction of sp³-hybridized carbons (Fsp3) is 0.733. The molecule has 1 aromatic rings. The highest BCUT2D eigenvalue weighted by molar-refractivity contribution is 5.93. The first-order valence-electron chi connectivity index (χ1n) is 7.63. The minimum absolute atomic E-state index is 0.0371. The zero-order valence-corrected chi connectivity index (χ0v) is 12.7. The van der Waals surface area contributed by atoms with Crippen molar-refractivity contribution in [2.45, 2.75) is 25.9 Å². The monoisotopic (exact) mass is 293 g/mol. The highest BCUT2D eigenvalue weighted by Gasteiger charge is 2.31. The maximum absolute atomic E-state index is 12.7. The maximum atomic E-state index is 12.7.